The van der Waals surface area contributed by atoms with Crippen LogP contribution in [0.5, 0.6) is 0 Å². The summed E-state index contributed by atoms with van der Waals surface area (Å²) in [6, 6.07) is 8.20. The number of allylic oxidation sites excluding steroid dienone is 1. The van der Waals surface area contributed by atoms with Crippen LogP contribution in [0.15, 0.2) is 41.1 Å². The van der Waals surface area contributed by atoms with Gasteiger partial charge < -0.3 is 11.2 Å². The molecule has 0 bridgehead atoms. The molecule has 1 amide bonds. The highest BCUT2D eigenvalue weighted by atomic mass is 32.2. The molecule has 0 saturated heterocycles. The van der Waals surface area contributed by atoms with Gasteiger partial charge in [0.2, 0.25) is 11.1 Å². The van der Waals surface area contributed by atoms with E-state index < -0.39 is 0 Å². The van der Waals surface area contributed by atoms with Gasteiger partial charge >= 0.3 is 0 Å². The third kappa shape index (κ3) is 5.85. The molecule has 0 unspecified atom stereocenters. The van der Waals surface area contributed by atoms with Crippen molar-refractivity contribution in [2.24, 2.45) is 0 Å². The lowest BCUT2D eigenvalue weighted by molar-refractivity contribution is -0.118. The number of hydrogen-bond donors (Lipinski definition) is 2. The second-order valence-corrected chi connectivity index (χ2v) is 9.44. The van der Waals surface area contributed by atoms with E-state index in [2.05, 4.69) is 54.5 Å². The number of amides is 1. The summed E-state index contributed by atoms with van der Waals surface area (Å²) >= 11 is 1.30. The highest BCUT2D eigenvalue weighted by molar-refractivity contribution is 7.99. The Bertz CT molecular complexity index is 864. The molecule has 0 radical (unpaired) electrons. The van der Waals surface area contributed by atoms with Crippen LogP contribution >= 0.6 is 11.8 Å². The van der Waals surface area contributed by atoms with E-state index in [1.54, 1.807) is 0 Å². The van der Waals surface area contributed by atoms with Crippen molar-refractivity contribution >= 4 is 17.7 Å². The monoisotopic (exact) mass is 413 g/mol. The van der Waals surface area contributed by atoms with E-state index in [1.165, 1.54) is 53.3 Å². The maximum atomic E-state index is 12.1. The third-order valence-corrected chi connectivity index (χ3v) is 6.10. The van der Waals surface area contributed by atoms with Crippen molar-refractivity contribution < 1.29 is 4.79 Å². The van der Waals surface area contributed by atoms with E-state index in [0.717, 1.165) is 12.0 Å². The van der Waals surface area contributed by atoms with Crippen LogP contribution in [0.25, 0.3) is 11.4 Å². The van der Waals surface area contributed by atoms with Gasteiger partial charge in [-0.2, -0.15) is 0 Å². The van der Waals surface area contributed by atoms with Gasteiger partial charge in [0.1, 0.15) is 0 Å². The second-order valence-electron chi connectivity index (χ2n) is 8.50. The molecule has 1 aromatic carbocycles. The molecule has 2 aromatic rings. The Kier molecular flexibility index (Phi) is 7.00. The number of nitrogens with one attached hydrogen (secondary N) is 1. The molecule has 3 N–H and O–H groups in total. The molecule has 1 heterocycles. The number of nitrogens with two attached hydrogens (primary N) is 1. The van der Waals surface area contributed by atoms with E-state index in [-0.39, 0.29) is 17.1 Å². The summed E-state index contributed by atoms with van der Waals surface area (Å²) < 4.78 is 1.46. The minimum atomic E-state index is -0.00881. The SMILES string of the molecule is CC(C)(C)c1ccc(-c2nnc(SCC(=O)NCCC3=CCCCC3)n2N)cc1. The Labute approximate surface area is 177 Å². The van der Waals surface area contributed by atoms with E-state index in [0.29, 0.717) is 17.5 Å². The molecule has 1 aliphatic carbocycles. The fourth-order valence-corrected chi connectivity index (χ4v) is 4.05. The zero-order chi connectivity index (χ0) is 20.9. The summed E-state index contributed by atoms with van der Waals surface area (Å²) in [5.74, 6) is 7.04. The lowest BCUT2D eigenvalue weighted by Gasteiger charge is -2.19. The number of carbonyl (C=O) groups is 1. The van der Waals surface area contributed by atoms with Gasteiger partial charge in [0, 0.05) is 12.1 Å². The molecule has 3 rings (SSSR count). The minimum Gasteiger partial charge on any atom is -0.355 e. The van der Waals surface area contributed by atoms with Gasteiger partial charge in [0.05, 0.1) is 5.75 Å². The van der Waals surface area contributed by atoms with Gasteiger partial charge in [-0.25, -0.2) is 4.68 Å². The molecular formula is C22H31N5OS. The van der Waals surface area contributed by atoms with E-state index >= 15 is 0 Å². The Morgan fingerprint density at radius 2 is 1.97 bits per heavy atom. The highest BCUT2D eigenvalue weighted by Gasteiger charge is 2.16. The molecule has 156 valence electrons. The standard InChI is InChI=1S/C22H31N5OS/c1-22(2,3)18-11-9-17(10-12-18)20-25-26-21(27(20)23)29-15-19(28)24-14-13-16-7-5-4-6-8-16/h7,9-12H,4-6,8,13-15,23H2,1-3H3,(H,24,28). The number of carbonyl (C=O) groups excluding carboxylic acids is 1. The zero-order valence-electron chi connectivity index (χ0n) is 17.6. The summed E-state index contributed by atoms with van der Waals surface area (Å²) in [6.07, 6.45) is 8.15. The van der Waals surface area contributed by atoms with Crippen molar-refractivity contribution in [2.75, 3.05) is 18.1 Å². The van der Waals surface area contributed by atoms with Gasteiger partial charge in [-0.1, -0.05) is 68.4 Å². The number of hydrogen-bond acceptors (Lipinski definition) is 5. The van der Waals surface area contributed by atoms with Crippen LogP contribution in [0.1, 0.15) is 58.4 Å². The predicted octanol–water partition coefficient (Wildman–Crippen LogP) is 4.06. The molecule has 0 spiro atoms. The number of aromatic nitrogens is 3. The molecule has 29 heavy (non-hydrogen) atoms. The van der Waals surface area contributed by atoms with Gasteiger partial charge in [-0.05, 0) is 43.1 Å². The lowest BCUT2D eigenvalue weighted by atomic mass is 9.87. The minimum absolute atomic E-state index is 0.00881. The van der Waals surface area contributed by atoms with Crippen LogP contribution in [0.2, 0.25) is 0 Å². The predicted molar refractivity (Wildman–Crippen MR) is 119 cm³/mol. The smallest absolute Gasteiger partial charge is 0.230 e. The summed E-state index contributed by atoms with van der Waals surface area (Å²) in [5, 5.41) is 11.9. The maximum absolute atomic E-state index is 12.1. The Morgan fingerprint density at radius 1 is 1.21 bits per heavy atom. The highest BCUT2D eigenvalue weighted by Crippen LogP contribution is 2.26. The van der Waals surface area contributed by atoms with Crippen LogP contribution in [0.3, 0.4) is 0 Å². The summed E-state index contributed by atoms with van der Waals surface area (Å²) in [7, 11) is 0. The molecule has 1 aliphatic rings. The number of rotatable bonds is 7. The zero-order valence-corrected chi connectivity index (χ0v) is 18.4. The first-order valence-electron chi connectivity index (χ1n) is 10.2. The van der Waals surface area contributed by atoms with Crippen LogP contribution in [0.4, 0.5) is 0 Å². The fraction of sp³-hybridized carbons (Fsp3) is 0.500. The first-order valence-corrected chi connectivity index (χ1v) is 11.2. The first kappa shape index (κ1) is 21.4. The number of nitrogen functional groups attached to an aromatic ring is 1. The van der Waals surface area contributed by atoms with Crippen LogP contribution in [-0.4, -0.2) is 33.1 Å². The molecule has 0 saturated carbocycles. The van der Waals surface area contributed by atoms with Crippen LogP contribution in [0, 0.1) is 0 Å². The van der Waals surface area contributed by atoms with Crippen LogP contribution in [-0.2, 0) is 10.2 Å². The van der Waals surface area contributed by atoms with Crippen molar-refractivity contribution in [3.05, 3.63) is 41.5 Å². The molecular weight excluding hydrogens is 382 g/mol. The second kappa shape index (κ2) is 9.48. The summed E-state index contributed by atoms with van der Waals surface area (Å²) in [6.45, 7) is 7.23. The van der Waals surface area contributed by atoms with Gasteiger partial charge in [0.15, 0.2) is 5.82 Å². The number of benzene rings is 1. The van der Waals surface area contributed by atoms with E-state index in [4.69, 9.17) is 5.84 Å². The van der Waals surface area contributed by atoms with Crippen molar-refractivity contribution in [3.8, 4) is 11.4 Å². The summed E-state index contributed by atoms with van der Waals surface area (Å²) in [4.78, 5) is 12.1. The first-order chi connectivity index (χ1) is 13.8. The van der Waals surface area contributed by atoms with Gasteiger partial charge in [-0.3, -0.25) is 4.79 Å². The topological polar surface area (TPSA) is 85.8 Å². The fourth-order valence-electron chi connectivity index (χ4n) is 3.37. The number of thioether (sulfide) groups is 1. The quantitative estimate of drug-likeness (QED) is 0.406. The van der Waals surface area contributed by atoms with Gasteiger partial charge in [-0.15, -0.1) is 10.2 Å². The third-order valence-electron chi connectivity index (χ3n) is 5.16. The average Bonchev–Trinajstić information content (AvgIpc) is 3.07. The maximum Gasteiger partial charge on any atom is 0.230 e. The molecule has 0 fully saturated rings. The summed E-state index contributed by atoms with van der Waals surface area (Å²) in [5.41, 5.74) is 3.72. The normalized spacial score (nSPS) is 14.5. The Balaban J connectivity index is 1.51. The average molecular weight is 414 g/mol. The molecule has 0 atom stereocenters. The lowest BCUT2D eigenvalue weighted by Crippen LogP contribution is -2.27. The van der Waals surface area contributed by atoms with Crippen molar-refractivity contribution in [2.45, 2.75) is 63.4 Å². The Hall–Kier alpha value is -2.28. The molecule has 7 heteroatoms. The van der Waals surface area contributed by atoms with Crippen molar-refractivity contribution in [1.29, 1.82) is 0 Å². The van der Waals surface area contributed by atoms with E-state index in [1.807, 2.05) is 12.1 Å². The van der Waals surface area contributed by atoms with Crippen LogP contribution < -0.4 is 11.2 Å². The largest absolute Gasteiger partial charge is 0.355 e. The molecule has 6 nitrogen and oxygen atoms in total. The Morgan fingerprint density at radius 3 is 2.62 bits per heavy atom. The molecule has 1 aromatic heterocycles. The van der Waals surface area contributed by atoms with Crippen molar-refractivity contribution in [1.82, 2.24) is 20.2 Å². The van der Waals surface area contributed by atoms with Crippen molar-refractivity contribution in [3.63, 3.8) is 0 Å². The molecule has 0 aliphatic heterocycles. The number of nitrogens with zero attached hydrogens (tertiary/aromatic N) is 3. The van der Waals surface area contributed by atoms with Gasteiger partial charge in [0.25, 0.3) is 0 Å². The van der Waals surface area contributed by atoms with E-state index in [9.17, 15) is 4.79 Å².